The van der Waals surface area contributed by atoms with Crippen LogP contribution in [0.25, 0.3) is 0 Å². The predicted molar refractivity (Wildman–Crippen MR) is 135 cm³/mol. The lowest BCUT2D eigenvalue weighted by Crippen LogP contribution is -2.45. The summed E-state index contributed by atoms with van der Waals surface area (Å²) in [7, 11) is 0. The summed E-state index contributed by atoms with van der Waals surface area (Å²) in [5.74, 6) is -0.797. The maximum absolute atomic E-state index is 13.8. The summed E-state index contributed by atoms with van der Waals surface area (Å²) in [4.78, 5) is 54.2. The van der Waals surface area contributed by atoms with Crippen LogP contribution in [0.1, 0.15) is 22.3 Å². The summed E-state index contributed by atoms with van der Waals surface area (Å²) in [6, 6.07) is 8.76. The van der Waals surface area contributed by atoms with Crippen LogP contribution >= 0.6 is 27.5 Å². The first-order valence-corrected chi connectivity index (χ1v) is 12.9. The Bertz CT molecular complexity index is 1360. The van der Waals surface area contributed by atoms with Gasteiger partial charge in [0.05, 0.1) is 27.5 Å². The highest BCUT2D eigenvalue weighted by Gasteiger charge is 2.67. The van der Waals surface area contributed by atoms with Crippen LogP contribution in [0.2, 0.25) is 5.02 Å². The highest BCUT2D eigenvalue weighted by atomic mass is 79.9. The van der Waals surface area contributed by atoms with E-state index in [2.05, 4.69) is 28.1 Å². The molecule has 0 radical (unpaired) electrons. The number of carbonyl (C=O) groups is 3. The van der Waals surface area contributed by atoms with Crippen LogP contribution in [-0.2, 0) is 9.59 Å². The molecule has 0 aromatic heterocycles. The van der Waals surface area contributed by atoms with Crippen molar-refractivity contribution in [1.82, 2.24) is 4.90 Å². The number of carbonyl (C=O) groups excluding carboxylic acids is 3. The minimum absolute atomic E-state index is 0.0660. The number of nitrogens with zero attached hydrogens (tertiary/aromatic N) is 3. The van der Waals surface area contributed by atoms with E-state index in [1.807, 2.05) is 0 Å². The average Bonchev–Trinajstić information content (AvgIpc) is 3.66. The molecule has 6 atom stereocenters. The molecule has 7 rings (SSSR count). The molecule has 8 nitrogen and oxygen atoms in total. The Labute approximate surface area is 220 Å². The van der Waals surface area contributed by atoms with Gasteiger partial charge in [-0.2, -0.15) is 0 Å². The quantitative estimate of drug-likeness (QED) is 0.219. The monoisotopic (exact) mass is 569 g/mol. The summed E-state index contributed by atoms with van der Waals surface area (Å²) in [6.07, 6.45) is 5.25. The zero-order valence-corrected chi connectivity index (χ0v) is 21.5. The number of rotatable bonds is 5. The van der Waals surface area contributed by atoms with E-state index >= 15 is 0 Å². The second-order valence-corrected chi connectivity index (χ2v) is 11.2. The molecule has 0 N–H and O–H groups in total. The highest BCUT2D eigenvalue weighted by molar-refractivity contribution is 9.10. The van der Waals surface area contributed by atoms with E-state index in [4.69, 9.17) is 11.6 Å². The second kappa shape index (κ2) is 8.24. The van der Waals surface area contributed by atoms with E-state index in [0.29, 0.717) is 32.6 Å². The largest absolute Gasteiger partial charge is 0.289 e. The second-order valence-electron chi connectivity index (χ2n) is 9.95. The number of hydrogen-bond donors (Lipinski definition) is 0. The number of nitro benzene ring substituents is 1. The van der Waals surface area contributed by atoms with Crippen molar-refractivity contribution in [2.75, 3.05) is 11.6 Å². The van der Waals surface area contributed by atoms with Crippen LogP contribution in [0.5, 0.6) is 0 Å². The van der Waals surface area contributed by atoms with Gasteiger partial charge in [0, 0.05) is 22.2 Å². The minimum atomic E-state index is -0.574. The summed E-state index contributed by atoms with van der Waals surface area (Å²) >= 11 is 9.83. The van der Waals surface area contributed by atoms with Gasteiger partial charge in [-0.1, -0.05) is 29.8 Å². The van der Waals surface area contributed by atoms with Crippen LogP contribution in [-0.4, -0.2) is 34.2 Å². The molecule has 1 saturated heterocycles. The Morgan fingerprint density at radius 3 is 2.39 bits per heavy atom. The van der Waals surface area contributed by atoms with Crippen LogP contribution < -0.4 is 4.90 Å². The first kappa shape index (κ1) is 23.4. The van der Waals surface area contributed by atoms with Crippen LogP contribution in [0, 0.1) is 52.5 Å². The van der Waals surface area contributed by atoms with E-state index in [-0.39, 0.29) is 53.4 Å². The van der Waals surface area contributed by atoms with E-state index < -0.39 is 10.8 Å². The first-order chi connectivity index (χ1) is 17.2. The smallest absolute Gasteiger partial charge is 0.270 e. The van der Waals surface area contributed by atoms with Crippen molar-refractivity contribution >= 4 is 56.6 Å². The molecule has 3 fully saturated rings. The van der Waals surface area contributed by atoms with Gasteiger partial charge in [0.15, 0.2) is 0 Å². The summed E-state index contributed by atoms with van der Waals surface area (Å²) < 4.78 is 0.634. The molecule has 2 bridgehead atoms. The standard InChI is InChI=1S/C26H21BrClN3O5/c1-12-20(8-7-19(27)23(12)28)29(24(32)13-3-2-4-14(9-13)31(35)36)11-30-25(33)21-15-5-6-16(18-10-17(15)18)22(21)26(30)34/h2-9,15-18,21-22H,10-11H2,1H3. The lowest BCUT2D eigenvalue weighted by Gasteiger charge is -2.37. The van der Waals surface area contributed by atoms with Crippen molar-refractivity contribution < 1.29 is 19.3 Å². The van der Waals surface area contributed by atoms with Gasteiger partial charge in [0.25, 0.3) is 11.6 Å². The van der Waals surface area contributed by atoms with Crippen molar-refractivity contribution in [1.29, 1.82) is 0 Å². The Morgan fingerprint density at radius 1 is 1.14 bits per heavy atom. The van der Waals surface area contributed by atoms with Gasteiger partial charge in [-0.25, -0.2) is 0 Å². The molecule has 184 valence electrons. The molecule has 2 aromatic carbocycles. The van der Waals surface area contributed by atoms with E-state index in [1.54, 1.807) is 19.1 Å². The molecule has 4 aliphatic carbocycles. The van der Waals surface area contributed by atoms with E-state index in [0.717, 1.165) is 6.42 Å². The number of allylic oxidation sites excluding steroid dienone is 2. The van der Waals surface area contributed by atoms with Gasteiger partial charge >= 0.3 is 0 Å². The molecule has 0 spiro atoms. The number of imide groups is 1. The van der Waals surface area contributed by atoms with Gasteiger partial charge in [-0.15, -0.1) is 0 Å². The number of non-ortho nitro benzene ring substituents is 1. The molecule has 6 unspecified atom stereocenters. The van der Waals surface area contributed by atoms with E-state index in [1.165, 1.54) is 34.1 Å². The number of hydrogen-bond acceptors (Lipinski definition) is 5. The van der Waals surface area contributed by atoms with Gasteiger partial charge in [0.2, 0.25) is 11.8 Å². The fourth-order valence-electron chi connectivity index (χ4n) is 6.39. The van der Waals surface area contributed by atoms with Crippen molar-refractivity contribution in [2.24, 2.45) is 35.5 Å². The van der Waals surface area contributed by atoms with Crippen molar-refractivity contribution in [3.8, 4) is 0 Å². The Kier molecular flexibility index (Phi) is 5.35. The number of amides is 3. The third-order valence-corrected chi connectivity index (χ3v) is 9.56. The van der Waals surface area contributed by atoms with Crippen LogP contribution in [0.3, 0.4) is 0 Å². The van der Waals surface area contributed by atoms with Crippen molar-refractivity contribution in [3.05, 3.63) is 79.3 Å². The SMILES string of the molecule is Cc1c(N(CN2C(=O)C3C4C=CC(C5CC45)C3C2=O)C(=O)c2cccc([N+](=O)[O-])c2)ccc(Br)c1Cl. The summed E-state index contributed by atoms with van der Waals surface area (Å²) in [6.45, 7) is 1.45. The maximum atomic E-state index is 13.8. The maximum Gasteiger partial charge on any atom is 0.270 e. The number of nitro groups is 1. The molecule has 2 aromatic rings. The number of likely N-dealkylation sites (tertiary alicyclic amines) is 1. The minimum Gasteiger partial charge on any atom is -0.289 e. The average molecular weight is 571 g/mol. The molecule has 10 heteroatoms. The molecule has 5 aliphatic rings. The number of anilines is 1. The molecular formula is C26H21BrClN3O5. The van der Waals surface area contributed by atoms with Crippen LogP contribution in [0.4, 0.5) is 11.4 Å². The van der Waals surface area contributed by atoms with Gasteiger partial charge in [-0.05, 0) is 76.7 Å². The topological polar surface area (TPSA) is 101 Å². The van der Waals surface area contributed by atoms with Gasteiger partial charge < -0.3 is 0 Å². The Hall–Kier alpha value is -3.04. The molecule has 3 amide bonds. The molecular weight excluding hydrogens is 550 g/mol. The molecule has 1 aliphatic heterocycles. The van der Waals surface area contributed by atoms with Crippen molar-refractivity contribution in [2.45, 2.75) is 13.3 Å². The van der Waals surface area contributed by atoms with Gasteiger partial charge in [0.1, 0.15) is 6.67 Å². The van der Waals surface area contributed by atoms with Gasteiger partial charge in [-0.3, -0.25) is 34.3 Å². The highest BCUT2D eigenvalue weighted by Crippen LogP contribution is 2.65. The lowest BCUT2D eigenvalue weighted by molar-refractivity contribution is -0.384. The third kappa shape index (κ3) is 3.36. The molecule has 2 saturated carbocycles. The lowest BCUT2D eigenvalue weighted by atomic mass is 9.63. The number of benzene rings is 2. The predicted octanol–water partition coefficient (Wildman–Crippen LogP) is 4.98. The number of halogens is 2. The zero-order valence-electron chi connectivity index (χ0n) is 19.1. The molecule has 36 heavy (non-hydrogen) atoms. The normalized spacial score (nSPS) is 29.2. The Balaban J connectivity index is 1.39. The molecule has 1 heterocycles. The van der Waals surface area contributed by atoms with Crippen molar-refractivity contribution in [3.63, 3.8) is 0 Å². The zero-order chi connectivity index (χ0) is 25.5. The summed E-state index contributed by atoms with van der Waals surface area (Å²) in [5.41, 5.74) is 0.832. The first-order valence-electron chi connectivity index (χ1n) is 11.7. The van der Waals surface area contributed by atoms with E-state index in [9.17, 15) is 24.5 Å². The summed E-state index contributed by atoms with van der Waals surface area (Å²) in [5, 5.41) is 11.7. The van der Waals surface area contributed by atoms with Crippen LogP contribution in [0.15, 0.2) is 53.0 Å². The third-order valence-electron chi connectivity index (χ3n) is 8.19. The Morgan fingerprint density at radius 2 is 1.78 bits per heavy atom. The fraction of sp³-hybridized carbons (Fsp3) is 0.346. The fourth-order valence-corrected chi connectivity index (χ4v) is 6.98.